The van der Waals surface area contributed by atoms with E-state index in [9.17, 15) is 29.4 Å². The number of carbonyl (C=O) groups is 4. The van der Waals surface area contributed by atoms with Crippen LogP contribution in [0.1, 0.15) is 0 Å². The molecule has 0 fully saturated rings. The SMILES string of the molecule is O=CCN(CCOCCOc1cc(-c2nc3ccccc3s2)ccc1N(CC(=O)O)CC(=O)O)CC(=O)O. The predicted molar refractivity (Wildman–Crippen MR) is 139 cm³/mol. The second-order valence-corrected chi connectivity index (χ2v) is 9.10. The maximum absolute atomic E-state index is 11.4. The van der Waals surface area contributed by atoms with Crippen molar-refractivity contribution in [1.29, 1.82) is 0 Å². The maximum Gasteiger partial charge on any atom is 0.323 e. The number of hydrogen-bond acceptors (Lipinski definition) is 10. The number of aldehydes is 1. The molecule has 38 heavy (non-hydrogen) atoms. The number of carbonyl (C=O) groups excluding carboxylic acids is 1. The highest BCUT2D eigenvalue weighted by molar-refractivity contribution is 7.21. The number of aliphatic carboxylic acids is 3. The first-order valence-corrected chi connectivity index (χ1v) is 12.4. The third-order valence-electron chi connectivity index (χ3n) is 5.22. The van der Waals surface area contributed by atoms with Crippen molar-refractivity contribution in [2.24, 2.45) is 0 Å². The first-order chi connectivity index (χ1) is 18.3. The fraction of sp³-hybridized carbons (Fsp3) is 0.320. The zero-order valence-corrected chi connectivity index (χ0v) is 21.1. The molecule has 12 nitrogen and oxygen atoms in total. The van der Waals surface area contributed by atoms with Crippen molar-refractivity contribution in [3.63, 3.8) is 0 Å². The highest BCUT2D eigenvalue weighted by Gasteiger charge is 2.20. The normalized spacial score (nSPS) is 11.0. The molecule has 0 aliphatic heterocycles. The van der Waals surface area contributed by atoms with E-state index in [0.29, 0.717) is 12.0 Å². The average molecular weight is 546 g/mol. The Morgan fingerprint density at radius 2 is 1.63 bits per heavy atom. The Bertz CT molecular complexity index is 1230. The molecule has 1 aromatic heterocycles. The number of benzene rings is 2. The van der Waals surface area contributed by atoms with Crippen LogP contribution >= 0.6 is 11.3 Å². The summed E-state index contributed by atoms with van der Waals surface area (Å²) in [7, 11) is 0. The Balaban J connectivity index is 1.75. The van der Waals surface area contributed by atoms with Crippen LogP contribution < -0.4 is 9.64 Å². The molecule has 0 aliphatic carbocycles. The van der Waals surface area contributed by atoms with Crippen molar-refractivity contribution in [1.82, 2.24) is 9.88 Å². The zero-order chi connectivity index (χ0) is 27.5. The molecule has 0 saturated heterocycles. The zero-order valence-electron chi connectivity index (χ0n) is 20.3. The first kappa shape index (κ1) is 28.5. The fourth-order valence-corrected chi connectivity index (χ4v) is 4.57. The van der Waals surface area contributed by atoms with Crippen molar-refractivity contribution in [3.05, 3.63) is 42.5 Å². The number of para-hydroxylation sites is 1. The van der Waals surface area contributed by atoms with E-state index < -0.39 is 31.0 Å². The summed E-state index contributed by atoms with van der Waals surface area (Å²) >= 11 is 1.48. The number of thiazole rings is 1. The largest absolute Gasteiger partial charge is 0.489 e. The molecule has 1 heterocycles. The monoisotopic (exact) mass is 545 g/mol. The summed E-state index contributed by atoms with van der Waals surface area (Å²) in [5.74, 6) is -3.18. The van der Waals surface area contributed by atoms with Crippen LogP contribution in [0.15, 0.2) is 42.5 Å². The summed E-state index contributed by atoms with van der Waals surface area (Å²) in [4.78, 5) is 51.6. The molecule has 0 spiro atoms. The van der Waals surface area contributed by atoms with Gasteiger partial charge in [0.1, 0.15) is 36.7 Å². The van der Waals surface area contributed by atoms with Gasteiger partial charge < -0.3 is 34.5 Å². The van der Waals surface area contributed by atoms with Gasteiger partial charge in [-0.05, 0) is 30.3 Å². The third kappa shape index (κ3) is 8.50. The summed E-state index contributed by atoms with van der Waals surface area (Å²) in [6.45, 7) is -0.852. The molecule has 2 aromatic carbocycles. The third-order valence-corrected chi connectivity index (χ3v) is 6.31. The Morgan fingerprint density at radius 3 is 2.29 bits per heavy atom. The molecule has 202 valence electrons. The van der Waals surface area contributed by atoms with Gasteiger partial charge in [0.25, 0.3) is 0 Å². The van der Waals surface area contributed by atoms with Crippen LogP contribution in [-0.2, 0) is 23.9 Å². The second kappa shape index (κ2) is 14.0. The predicted octanol–water partition coefficient (Wildman–Crippen LogP) is 1.92. The molecular formula is C25H27N3O9S. The van der Waals surface area contributed by atoms with Gasteiger partial charge in [-0.2, -0.15) is 0 Å². The molecule has 3 rings (SSSR count). The summed E-state index contributed by atoms with van der Waals surface area (Å²) in [6.07, 6.45) is 0.617. The number of nitrogens with zero attached hydrogens (tertiary/aromatic N) is 3. The topological polar surface area (TPSA) is 167 Å². The molecule has 0 radical (unpaired) electrons. The summed E-state index contributed by atoms with van der Waals surface area (Å²) in [5, 5.41) is 28.2. The van der Waals surface area contributed by atoms with Gasteiger partial charge in [0.15, 0.2) is 0 Å². The lowest BCUT2D eigenvalue weighted by atomic mass is 10.1. The number of anilines is 1. The fourth-order valence-electron chi connectivity index (χ4n) is 3.61. The van der Waals surface area contributed by atoms with E-state index in [0.717, 1.165) is 20.8 Å². The standard InChI is InChI=1S/C25H27N3O9S/c29-9-7-27(14-22(30)31)8-10-36-11-12-37-20-13-17(25-26-18-3-1-2-4-21(18)38-25)5-6-19(20)28(15-23(32)33)16-24(34)35/h1-6,9,13H,7-8,10-12,14-16H2,(H,30,31)(H,32,33)(H,34,35). The van der Waals surface area contributed by atoms with Gasteiger partial charge in [-0.25, -0.2) is 4.98 Å². The molecule has 0 amide bonds. The van der Waals surface area contributed by atoms with Crippen molar-refractivity contribution in [2.75, 3.05) is 57.4 Å². The van der Waals surface area contributed by atoms with Crippen LogP contribution in [0, 0.1) is 0 Å². The minimum absolute atomic E-state index is 0.0307. The Hall–Kier alpha value is -4.07. The first-order valence-electron chi connectivity index (χ1n) is 11.5. The van der Waals surface area contributed by atoms with E-state index in [1.807, 2.05) is 24.3 Å². The highest BCUT2D eigenvalue weighted by Crippen LogP contribution is 2.36. The quantitative estimate of drug-likeness (QED) is 0.167. The summed E-state index contributed by atoms with van der Waals surface area (Å²) < 4.78 is 12.4. The van der Waals surface area contributed by atoms with Gasteiger partial charge in [-0.3, -0.25) is 19.3 Å². The van der Waals surface area contributed by atoms with Gasteiger partial charge >= 0.3 is 17.9 Å². The lowest BCUT2D eigenvalue weighted by Gasteiger charge is -2.24. The van der Waals surface area contributed by atoms with Gasteiger partial charge in [0.2, 0.25) is 0 Å². The minimum atomic E-state index is -1.20. The molecule has 0 aliphatic rings. The molecule has 13 heteroatoms. The van der Waals surface area contributed by atoms with Gasteiger partial charge in [0.05, 0.1) is 42.2 Å². The van der Waals surface area contributed by atoms with E-state index in [-0.39, 0.29) is 45.2 Å². The van der Waals surface area contributed by atoms with Gasteiger partial charge in [0, 0.05) is 12.1 Å². The van der Waals surface area contributed by atoms with E-state index in [1.165, 1.54) is 21.1 Å². The number of fused-ring (bicyclic) bond motifs is 1. The maximum atomic E-state index is 11.4. The smallest absolute Gasteiger partial charge is 0.323 e. The van der Waals surface area contributed by atoms with Crippen LogP contribution in [0.4, 0.5) is 5.69 Å². The second-order valence-electron chi connectivity index (χ2n) is 8.07. The van der Waals surface area contributed by atoms with Crippen LogP contribution in [0.3, 0.4) is 0 Å². The number of ether oxygens (including phenoxy) is 2. The minimum Gasteiger partial charge on any atom is -0.489 e. The van der Waals surface area contributed by atoms with E-state index >= 15 is 0 Å². The summed E-state index contributed by atoms with van der Waals surface area (Å²) in [5.41, 5.74) is 1.84. The average Bonchev–Trinajstić information content (AvgIpc) is 3.29. The van der Waals surface area contributed by atoms with Crippen molar-refractivity contribution in [2.45, 2.75) is 0 Å². The Morgan fingerprint density at radius 1 is 0.921 bits per heavy atom. The van der Waals surface area contributed by atoms with Crippen LogP contribution in [0.2, 0.25) is 0 Å². The van der Waals surface area contributed by atoms with Crippen LogP contribution in [-0.4, -0.2) is 102 Å². The van der Waals surface area contributed by atoms with Crippen molar-refractivity contribution in [3.8, 4) is 16.3 Å². The molecule has 0 saturated carbocycles. The van der Waals surface area contributed by atoms with E-state index in [1.54, 1.807) is 18.2 Å². The van der Waals surface area contributed by atoms with E-state index in [4.69, 9.17) is 14.6 Å². The Kier molecular flexibility index (Phi) is 10.5. The van der Waals surface area contributed by atoms with Crippen LogP contribution in [0.25, 0.3) is 20.8 Å². The lowest BCUT2D eigenvalue weighted by Crippen LogP contribution is -2.35. The van der Waals surface area contributed by atoms with Crippen molar-refractivity contribution >= 4 is 51.4 Å². The number of hydrogen-bond donors (Lipinski definition) is 3. The molecule has 3 N–H and O–H groups in total. The van der Waals surface area contributed by atoms with Gasteiger partial charge in [-0.15, -0.1) is 11.3 Å². The van der Waals surface area contributed by atoms with Gasteiger partial charge in [-0.1, -0.05) is 12.1 Å². The van der Waals surface area contributed by atoms with Crippen LogP contribution in [0.5, 0.6) is 5.75 Å². The van der Waals surface area contributed by atoms with E-state index in [2.05, 4.69) is 4.98 Å². The number of carboxylic acid groups (broad SMARTS) is 3. The molecule has 0 unspecified atom stereocenters. The van der Waals surface area contributed by atoms with Crippen molar-refractivity contribution < 1.29 is 44.0 Å². The number of carboxylic acids is 3. The molecule has 0 bridgehead atoms. The highest BCUT2D eigenvalue weighted by atomic mass is 32.1. The lowest BCUT2D eigenvalue weighted by molar-refractivity contribution is -0.139. The Labute approximate surface area is 221 Å². The molecule has 3 aromatic rings. The molecule has 0 atom stereocenters. The summed E-state index contributed by atoms with van der Waals surface area (Å²) in [6, 6.07) is 12.7. The molecular weight excluding hydrogens is 518 g/mol. The number of rotatable bonds is 17. The number of aromatic nitrogens is 1.